The van der Waals surface area contributed by atoms with Crippen LogP contribution in [0.2, 0.25) is 0 Å². The molecule has 3 unspecified atom stereocenters. The summed E-state index contributed by atoms with van der Waals surface area (Å²) in [6.45, 7) is 0. The van der Waals surface area contributed by atoms with Crippen molar-refractivity contribution in [3.8, 4) is 0 Å². The molecule has 2 nitrogen and oxygen atoms in total. The van der Waals surface area contributed by atoms with Crippen LogP contribution in [-0.4, -0.2) is 11.4 Å². The highest BCUT2D eigenvalue weighted by atomic mass is 16.1. The van der Waals surface area contributed by atoms with Crippen LogP contribution in [-0.2, 0) is 4.79 Å². The summed E-state index contributed by atoms with van der Waals surface area (Å²) in [4.78, 5) is 12.6. The first kappa shape index (κ1) is 13.0. The third-order valence-corrected chi connectivity index (χ3v) is 7.77. The Morgan fingerprint density at radius 1 is 0.857 bits per heavy atom. The van der Waals surface area contributed by atoms with Gasteiger partial charge in [-0.15, -0.1) is 0 Å². The molecule has 6 bridgehead atoms. The first-order valence-electron chi connectivity index (χ1n) is 9.48. The van der Waals surface area contributed by atoms with Gasteiger partial charge in [0.05, 0.1) is 0 Å². The van der Waals surface area contributed by atoms with Gasteiger partial charge in [-0.3, -0.25) is 4.79 Å². The van der Waals surface area contributed by atoms with Gasteiger partial charge in [0.2, 0.25) is 5.91 Å². The van der Waals surface area contributed by atoms with Gasteiger partial charge in [0, 0.05) is 12.0 Å². The van der Waals surface area contributed by atoms with Crippen molar-refractivity contribution in [2.24, 2.45) is 35.5 Å². The zero-order valence-corrected chi connectivity index (χ0v) is 13.2. The molecule has 6 fully saturated rings. The zero-order chi connectivity index (χ0) is 14.0. The Hall–Kier alpha value is -0.530. The molecule has 21 heavy (non-hydrogen) atoms. The van der Waals surface area contributed by atoms with E-state index in [9.17, 15) is 4.79 Å². The van der Waals surface area contributed by atoms with E-state index < -0.39 is 0 Å². The van der Waals surface area contributed by atoms with Gasteiger partial charge in [-0.2, -0.15) is 0 Å². The molecule has 1 N–H and O–H groups in total. The molecule has 116 valence electrons. The lowest BCUT2D eigenvalue weighted by Gasteiger charge is -2.57. The van der Waals surface area contributed by atoms with Crippen LogP contribution in [0.3, 0.4) is 0 Å². The highest BCUT2D eigenvalue weighted by molar-refractivity contribution is 5.77. The molecule has 0 aromatic rings. The van der Waals surface area contributed by atoms with Crippen LogP contribution in [0.15, 0.2) is 0 Å². The largest absolute Gasteiger partial charge is 0.351 e. The summed E-state index contributed by atoms with van der Waals surface area (Å²) in [5.41, 5.74) is 0.226. The Kier molecular flexibility index (Phi) is 2.77. The second-order valence-electron chi connectivity index (χ2n) is 9.39. The Morgan fingerprint density at radius 2 is 1.52 bits per heavy atom. The maximum atomic E-state index is 12.6. The number of fused-ring (bicyclic) bond motifs is 2. The smallest absolute Gasteiger partial charge is 0.220 e. The van der Waals surface area contributed by atoms with Crippen molar-refractivity contribution in [3.63, 3.8) is 0 Å². The molecule has 0 aromatic carbocycles. The minimum Gasteiger partial charge on any atom is -0.351 e. The number of amides is 1. The van der Waals surface area contributed by atoms with Gasteiger partial charge < -0.3 is 5.32 Å². The summed E-state index contributed by atoms with van der Waals surface area (Å²) >= 11 is 0. The molecule has 0 heterocycles. The average Bonchev–Trinajstić information content (AvgIpc) is 2.98. The highest BCUT2D eigenvalue weighted by Crippen LogP contribution is 2.56. The Morgan fingerprint density at radius 3 is 2.05 bits per heavy atom. The SMILES string of the molecule is O=C(CC1CC2CCC1C2)NC12CC3CC(CC(C3)C1)C2. The lowest BCUT2D eigenvalue weighted by molar-refractivity contribution is -0.128. The maximum absolute atomic E-state index is 12.6. The van der Waals surface area contributed by atoms with Crippen molar-refractivity contribution >= 4 is 5.91 Å². The summed E-state index contributed by atoms with van der Waals surface area (Å²) in [5, 5.41) is 3.57. The lowest BCUT2D eigenvalue weighted by Crippen LogP contribution is -2.60. The molecular weight excluding hydrogens is 258 g/mol. The minimum atomic E-state index is 0.226. The number of rotatable bonds is 3. The molecule has 0 radical (unpaired) electrons. The van der Waals surface area contributed by atoms with Gasteiger partial charge in [-0.1, -0.05) is 6.42 Å². The van der Waals surface area contributed by atoms with E-state index in [1.54, 1.807) is 0 Å². The fourth-order valence-electron chi connectivity index (χ4n) is 7.48. The zero-order valence-electron chi connectivity index (χ0n) is 13.2. The van der Waals surface area contributed by atoms with E-state index in [2.05, 4.69) is 5.32 Å². The quantitative estimate of drug-likeness (QED) is 0.838. The van der Waals surface area contributed by atoms with E-state index in [1.165, 1.54) is 64.2 Å². The topological polar surface area (TPSA) is 29.1 Å². The molecule has 0 saturated heterocycles. The van der Waals surface area contributed by atoms with E-state index in [-0.39, 0.29) is 5.54 Å². The number of hydrogen-bond donors (Lipinski definition) is 1. The van der Waals surface area contributed by atoms with Crippen LogP contribution < -0.4 is 5.32 Å². The normalized spacial score (nSPS) is 53.3. The first-order chi connectivity index (χ1) is 10.2. The van der Waals surface area contributed by atoms with Crippen molar-refractivity contribution < 1.29 is 4.79 Å². The predicted molar refractivity (Wildman–Crippen MR) is 82.6 cm³/mol. The van der Waals surface area contributed by atoms with E-state index in [0.717, 1.165) is 41.9 Å². The van der Waals surface area contributed by atoms with Gasteiger partial charge in [0.1, 0.15) is 0 Å². The minimum absolute atomic E-state index is 0.226. The molecule has 1 amide bonds. The monoisotopic (exact) mass is 287 g/mol. The van der Waals surface area contributed by atoms with E-state index >= 15 is 0 Å². The van der Waals surface area contributed by atoms with Crippen LogP contribution in [0.5, 0.6) is 0 Å². The molecular formula is C19H29NO. The Bertz CT molecular complexity index is 421. The maximum Gasteiger partial charge on any atom is 0.220 e. The van der Waals surface area contributed by atoms with Gasteiger partial charge in [-0.25, -0.2) is 0 Å². The summed E-state index contributed by atoms with van der Waals surface area (Å²) in [6, 6.07) is 0. The van der Waals surface area contributed by atoms with Crippen LogP contribution in [0.4, 0.5) is 0 Å². The Balaban J connectivity index is 1.24. The molecule has 6 aliphatic carbocycles. The van der Waals surface area contributed by atoms with Crippen molar-refractivity contribution in [1.29, 1.82) is 0 Å². The molecule has 3 atom stereocenters. The number of carbonyl (C=O) groups excluding carboxylic acids is 1. The fraction of sp³-hybridized carbons (Fsp3) is 0.947. The van der Waals surface area contributed by atoms with Crippen LogP contribution in [0.25, 0.3) is 0 Å². The lowest BCUT2D eigenvalue weighted by atomic mass is 9.53. The van der Waals surface area contributed by atoms with Crippen molar-refractivity contribution in [3.05, 3.63) is 0 Å². The molecule has 0 spiro atoms. The van der Waals surface area contributed by atoms with E-state index in [4.69, 9.17) is 0 Å². The fourth-order valence-corrected chi connectivity index (χ4v) is 7.48. The number of nitrogens with one attached hydrogen (secondary N) is 1. The van der Waals surface area contributed by atoms with Crippen LogP contribution in [0.1, 0.15) is 70.6 Å². The van der Waals surface area contributed by atoms with Gasteiger partial charge in [-0.05, 0) is 93.3 Å². The Labute approximate surface area is 128 Å². The van der Waals surface area contributed by atoms with Gasteiger partial charge >= 0.3 is 0 Å². The molecule has 0 aliphatic heterocycles. The molecule has 6 saturated carbocycles. The number of carbonyl (C=O) groups is 1. The third kappa shape index (κ3) is 2.16. The summed E-state index contributed by atoms with van der Waals surface area (Å²) < 4.78 is 0. The predicted octanol–water partition coefficient (Wildman–Crippen LogP) is 3.90. The summed E-state index contributed by atoms with van der Waals surface area (Å²) in [5.74, 6) is 5.76. The van der Waals surface area contributed by atoms with Crippen molar-refractivity contribution in [1.82, 2.24) is 5.32 Å². The molecule has 6 rings (SSSR count). The average molecular weight is 287 g/mol. The van der Waals surface area contributed by atoms with E-state index in [0.29, 0.717) is 5.91 Å². The highest BCUT2D eigenvalue weighted by Gasteiger charge is 2.51. The standard InChI is InChI=1S/C19H29NO/c21-18(8-17-7-12-1-2-16(17)6-12)20-19-9-13-3-14(10-19)5-15(4-13)11-19/h12-17H,1-11H2,(H,20,21). The second-order valence-corrected chi connectivity index (χ2v) is 9.39. The number of hydrogen-bond acceptors (Lipinski definition) is 1. The first-order valence-corrected chi connectivity index (χ1v) is 9.48. The van der Waals surface area contributed by atoms with Gasteiger partial charge in [0.15, 0.2) is 0 Å². The molecule has 0 aromatic heterocycles. The van der Waals surface area contributed by atoms with Crippen molar-refractivity contribution in [2.75, 3.05) is 0 Å². The van der Waals surface area contributed by atoms with Crippen LogP contribution in [0, 0.1) is 35.5 Å². The molecule has 6 aliphatic rings. The van der Waals surface area contributed by atoms with E-state index in [1.807, 2.05) is 0 Å². The summed E-state index contributed by atoms with van der Waals surface area (Å²) in [7, 11) is 0. The second kappa shape index (κ2) is 4.49. The van der Waals surface area contributed by atoms with Crippen molar-refractivity contribution in [2.45, 2.75) is 76.2 Å². The molecule has 2 heteroatoms. The van der Waals surface area contributed by atoms with Crippen LogP contribution >= 0.6 is 0 Å². The third-order valence-electron chi connectivity index (χ3n) is 7.77. The summed E-state index contributed by atoms with van der Waals surface area (Å²) in [6.07, 6.45) is 14.7. The van der Waals surface area contributed by atoms with Gasteiger partial charge in [0.25, 0.3) is 0 Å².